The van der Waals surface area contributed by atoms with Crippen molar-refractivity contribution in [1.82, 2.24) is 0 Å². The summed E-state index contributed by atoms with van der Waals surface area (Å²) >= 11 is 0. The van der Waals surface area contributed by atoms with E-state index < -0.39 is 0 Å². The van der Waals surface area contributed by atoms with Crippen molar-refractivity contribution in [2.24, 2.45) is 11.1 Å². The van der Waals surface area contributed by atoms with Crippen LogP contribution in [0.15, 0.2) is 0 Å². The van der Waals surface area contributed by atoms with Gasteiger partial charge in [0.1, 0.15) is 0 Å². The highest BCUT2D eigenvalue weighted by molar-refractivity contribution is 4.92. The number of aliphatic hydroxyl groups excluding tert-OH is 1. The minimum absolute atomic E-state index is 0.114. The highest BCUT2D eigenvalue weighted by Gasteiger charge is 2.40. The van der Waals surface area contributed by atoms with Crippen LogP contribution in [0.3, 0.4) is 0 Å². The first-order chi connectivity index (χ1) is 8.75. The van der Waals surface area contributed by atoms with Crippen LogP contribution in [0.5, 0.6) is 0 Å². The molecule has 5 nitrogen and oxygen atoms in total. The summed E-state index contributed by atoms with van der Waals surface area (Å²) in [6, 6.07) is 0. The number of aliphatic hydroxyl groups is 1. The molecule has 0 spiro atoms. The second kappa shape index (κ2) is 8.82. The summed E-state index contributed by atoms with van der Waals surface area (Å²) in [5.74, 6) is 0. The molecule has 18 heavy (non-hydrogen) atoms. The van der Waals surface area contributed by atoms with E-state index in [-0.39, 0.29) is 11.5 Å². The molecule has 0 aromatic heterocycles. The molecule has 1 rings (SSSR count). The van der Waals surface area contributed by atoms with Crippen LogP contribution in [-0.2, 0) is 14.2 Å². The Morgan fingerprint density at radius 1 is 1.17 bits per heavy atom. The van der Waals surface area contributed by atoms with E-state index >= 15 is 0 Å². The van der Waals surface area contributed by atoms with Gasteiger partial charge in [0.25, 0.3) is 0 Å². The molecule has 0 aliphatic heterocycles. The molecule has 108 valence electrons. The van der Waals surface area contributed by atoms with Crippen LogP contribution in [0.4, 0.5) is 0 Å². The van der Waals surface area contributed by atoms with Gasteiger partial charge in [-0.2, -0.15) is 0 Å². The molecule has 0 radical (unpaired) electrons. The first-order valence-electron chi connectivity index (χ1n) is 6.78. The average Bonchev–Trinajstić information content (AvgIpc) is 2.75. The van der Waals surface area contributed by atoms with E-state index in [0.717, 1.165) is 25.7 Å². The smallest absolute Gasteiger partial charge is 0.0701 e. The topological polar surface area (TPSA) is 73.9 Å². The average molecular weight is 261 g/mol. The summed E-state index contributed by atoms with van der Waals surface area (Å²) in [6.07, 6.45) is 3.53. The number of methoxy groups -OCH3 is 1. The maximum atomic E-state index is 9.97. The first kappa shape index (κ1) is 15.9. The molecule has 0 aromatic carbocycles. The van der Waals surface area contributed by atoms with Gasteiger partial charge in [0.15, 0.2) is 0 Å². The van der Waals surface area contributed by atoms with Crippen molar-refractivity contribution >= 4 is 0 Å². The van der Waals surface area contributed by atoms with Crippen molar-refractivity contribution in [2.45, 2.75) is 31.8 Å². The fourth-order valence-electron chi connectivity index (χ4n) is 2.49. The molecule has 3 N–H and O–H groups in total. The van der Waals surface area contributed by atoms with E-state index in [0.29, 0.717) is 39.6 Å². The Bertz CT molecular complexity index is 215. The molecule has 1 fully saturated rings. The molecular formula is C13H27NO4. The first-order valence-corrected chi connectivity index (χ1v) is 6.78. The minimum Gasteiger partial charge on any atom is -0.392 e. The number of nitrogens with two attached hydrogens (primary N) is 1. The lowest BCUT2D eigenvalue weighted by Gasteiger charge is -2.31. The van der Waals surface area contributed by atoms with Crippen molar-refractivity contribution in [3.8, 4) is 0 Å². The van der Waals surface area contributed by atoms with Crippen molar-refractivity contribution < 1.29 is 19.3 Å². The zero-order valence-electron chi connectivity index (χ0n) is 11.4. The highest BCUT2D eigenvalue weighted by atomic mass is 16.5. The molecule has 1 aliphatic rings. The molecule has 0 heterocycles. The lowest BCUT2D eigenvalue weighted by molar-refractivity contribution is -0.00195. The molecular weight excluding hydrogens is 234 g/mol. The van der Waals surface area contributed by atoms with E-state index in [4.69, 9.17) is 19.9 Å². The van der Waals surface area contributed by atoms with E-state index in [1.165, 1.54) is 0 Å². The molecule has 5 heteroatoms. The van der Waals surface area contributed by atoms with Crippen LogP contribution < -0.4 is 5.73 Å². The second-order valence-electron chi connectivity index (χ2n) is 4.94. The lowest BCUT2D eigenvalue weighted by Crippen LogP contribution is -2.38. The minimum atomic E-state index is -0.260. The van der Waals surface area contributed by atoms with Gasteiger partial charge in [-0.25, -0.2) is 0 Å². The standard InChI is InChI=1S/C13H27NO4/c1-16-7-8-18-10-9-17-6-5-13(11-14)4-2-3-12(13)15/h12,15H,2-11,14H2,1H3. The van der Waals surface area contributed by atoms with Gasteiger partial charge in [0.2, 0.25) is 0 Å². The van der Waals surface area contributed by atoms with E-state index in [9.17, 15) is 5.11 Å². The monoisotopic (exact) mass is 261 g/mol. The van der Waals surface area contributed by atoms with E-state index in [2.05, 4.69) is 0 Å². The number of rotatable bonds is 10. The highest BCUT2D eigenvalue weighted by Crippen LogP contribution is 2.40. The summed E-state index contributed by atoms with van der Waals surface area (Å²) < 4.78 is 15.7. The third kappa shape index (κ3) is 4.82. The summed E-state index contributed by atoms with van der Waals surface area (Å²) in [7, 11) is 1.65. The molecule has 2 atom stereocenters. The summed E-state index contributed by atoms with van der Waals surface area (Å²) in [5, 5.41) is 9.97. The molecule has 1 aliphatic carbocycles. The molecule has 0 bridgehead atoms. The van der Waals surface area contributed by atoms with Gasteiger partial charge in [-0.15, -0.1) is 0 Å². The Kier molecular flexibility index (Phi) is 7.77. The summed E-state index contributed by atoms with van der Waals surface area (Å²) in [4.78, 5) is 0. The molecule has 1 saturated carbocycles. The lowest BCUT2D eigenvalue weighted by atomic mass is 9.81. The quantitative estimate of drug-likeness (QED) is 0.562. The van der Waals surface area contributed by atoms with Crippen molar-refractivity contribution in [3.63, 3.8) is 0 Å². The Hall–Kier alpha value is -0.200. The van der Waals surface area contributed by atoms with E-state index in [1.807, 2.05) is 0 Å². The summed E-state index contributed by atoms with van der Waals surface area (Å²) in [6.45, 7) is 3.57. The van der Waals surface area contributed by atoms with Crippen LogP contribution >= 0.6 is 0 Å². The normalized spacial score (nSPS) is 27.8. The van der Waals surface area contributed by atoms with Gasteiger partial charge < -0.3 is 25.1 Å². The molecule has 2 unspecified atom stereocenters. The zero-order chi connectivity index (χ0) is 13.3. The SMILES string of the molecule is COCCOCCOCCC1(CN)CCCC1O. The van der Waals surface area contributed by atoms with Gasteiger partial charge >= 0.3 is 0 Å². The third-order valence-electron chi connectivity index (χ3n) is 3.81. The van der Waals surface area contributed by atoms with Crippen LogP contribution in [-0.4, -0.2) is 57.9 Å². The Labute approximate surface area is 110 Å². The van der Waals surface area contributed by atoms with Crippen LogP contribution in [0.2, 0.25) is 0 Å². The molecule has 0 aromatic rings. The number of ether oxygens (including phenoxy) is 3. The van der Waals surface area contributed by atoms with Crippen LogP contribution in [0, 0.1) is 5.41 Å². The Balaban J connectivity index is 2.03. The van der Waals surface area contributed by atoms with Crippen LogP contribution in [0.1, 0.15) is 25.7 Å². The maximum absolute atomic E-state index is 9.97. The number of hydrogen-bond acceptors (Lipinski definition) is 5. The van der Waals surface area contributed by atoms with Crippen molar-refractivity contribution in [3.05, 3.63) is 0 Å². The van der Waals surface area contributed by atoms with Gasteiger partial charge in [-0.3, -0.25) is 0 Å². The Morgan fingerprint density at radius 3 is 2.39 bits per heavy atom. The van der Waals surface area contributed by atoms with Crippen molar-refractivity contribution in [1.29, 1.82) is 0 Å². The number of hydrogen-bond donors (Lipinski definition) is 2. The summed E-state index contributed by atoms with van der Waals surface area (Å²) in [5.41, 5.74) is 5.69. The molecule has 0 saturated heterocycles. The fraction of sp³-hybridized carbons (Fsp3) is 1.00. The predicted octanol–water partition coefficient (Wildman–Crippen LogP) is 0.546. The van der Waals surface area contributed by atoms with Crippen LogP contribution in [0.25, 0.3) is 0 Å². The maximum Gasteiger partial charge on any atom is 0.0701 e. The second-order valence-corrected chi connectivity index (χ2v) is 4.94. The van der Waals surface area contributed by atoms with Gasteiger partial charge in [0.05, 0.1) is 32.5 Å². The van der Waals surface area contributed by atoms with Crippen molar-refractivity contribution in [2.75, 3.05) is 46.7 Å². The van der Waals surface area contributed by atoms with Gasteiger partial charge in [-0.1, -0.05) is 6.42 Å². The molecule has 0 amide bonds. The third-order valence-corrected chi connectivity index (χ3v) is 3.81. The Morgan fingerprint density at radius 2 is 1.83 bits per heavy atom. The van der Waals surface area contributed by atoms with Gasteiger partial charge in [0, 0.05) is 25.7 Å². The zero-order valence-corrected chi connectivity index (χ0v) is 11.4. The fourth-order valence-corrected chi connectivity index (χ4v) is 2.49. The largest absolute Gasteiger partial charge is 0.392 e. The van der Waals surface area contributed by atoms with E-state index in [1.54, 1.807) is 7.11 Å². The predicted molar refractivity (Wildman–Crippen MR) is 69.5 cm³/mol. The van der Waals surface area contributed by atoms with Gasteiger partial charge in [-0.05, 0) is 19.3 Å².